The fraction of sp³-hybridized carbons (Fsp3) is 0.355. The zero-order chi connectivity index (χ0) is 31.4. The summed E-state index contributed by atoms with van der Waals surface area (Å²) in [4.78, 5) is 29.8. The summed E-state index contributed by atoms with van der Waals surface area (Å²) >= 11 is 0. The molecule has 3 amide bonds. The monoisotopic (exact) mass is 624 g/mol. The number of carbonyl (C=O) groups excluding carboxylic acids is 2. The smallest absolute Gasteiger partial charge is 0.321 e. The van der Waals surface area contributed by atoms with Crippen molar-refractivity contribution in [1.82, 2.24) is 9.80 Å². The van der Waals surface area contributed by atoms with Crippen LogP contribution < -0.4 is 24.2 Å². The molecule has 0 unspecified atom stereocenters. The number of ether oxygens (including phenoxy) is 3. The van der Waals surface area contributed by atoms with Crippen LogP contribution in [0.2, 0.25) is 0 Å². The third-order valence-corrected chi connectivity index (χ3v) is 9.04. The Kier molecular flexibility index (Phi) is 9.16. The quantitative estimate of drug-likeness (QED) is 0.345. The van der Waals surface area contributed by atoms with Crippen LogP contribution in [-0.2, 0) is 21.2 Å². The Balaban J connectivity index is 1.38. The van der Waals surface area contributed by atoms with Gasteiger partial charge in [-0.2, -0.15) is 0 Å². The van der Waals surface area contributed by atoms with Gasteiger partial charge in [0.05, 0.1) is 30.5 Å². The van der Waals surface area contributed by atoms with Crippen LogP contribution in [0.1, 0.15) is 19.4 Å². The molecule has 0 aliphatic carbocycles. The maximum absolute atomic E-state index is 13.5. The molecular weight excluding hydrogens is 588 g/mol. The zero-order valence-corrected chi connectivity index (χ0v) is 25.5. The molecule has 0 bridgehead atoms. The molecule has 3 N–H and O–H groups in total. The van der Waals surface area contributed by atoms with Crippen molar-refractivity contribution < 1.29 is 37.3 Å². The van der Waals surface area contributed by atoms with E-state index >= 15 is 0 Å². The van der Waals surface area contributed by atoms with Crippen molar-refractivity contribution in [2.75, 3.05) is 43.6 Å². The molecule has 13 heteroatoms. The van der Waals surface area contributed by atoms with Gasteiger partial charge < -0.3 is 34.4 Å². The van der Waals surface area contributed by atoms with Crippen LogP contribution in [0.15, 0.2) is 71.6 Å². The average molecular weight is 625 g/mol. The summed E-state index contributed by atoms with van der Waals surface area (Å²) in [5.74, 6) is 1.08. The number of likely N-dealkylation sites (N-methyl/N-ethyl adjacent to an activating group) is 1. The van der Waals surface area contributed by atoms with Crippen LogP contribution in [0.3, 0.4) is 0 Å². The molecule has 3 aromatic carbocycles. The Morgan fingerprint density at radius 2 is 1.75 bits per heavy atom. The minimum atomic E-state index is -3.86. The molecule has 2 aliphatic heterocycles. The van der Waals surface area contributed by atoms with Gasteiger partial charge in [-0.25, -0.2) is 13.2 Å². The Hall–Kier alpha value is -4.49. The Labute approximate surface area is 256 Å². The second-order valence-corrected chi connectivity index (χ2v) is 12.7. The summed E-state index contributed by atoms with van der Waals surface area (Å²) in [6.45, 7) is 4.03. The van der Waals surface area contributed by atoms with E-state index in [2.05, 4.69) is 10.0 Å². The van der Waals surface area contributed by atoms with Crippen molar-refractivity contribution in [2.45, 2.75) is 37.3 Å². The first kappa shape index (κ1) is 31.0. The van der Waals surface area contributed by atoms with E-state index in [1.165, 1.54) is 17.0 Å². The molecular formula is C31H36N4O8S. The first-order valence-electron chi connectivity index (χ1n) is 14.2. The second kappa shape index (κ2) is 13.0. The van der Waals surface area contributed by atoms with Gasteiger partial charge >= 0.3 is 6.03 Å². The Morgan fingerprint density at radius 1 is 1.05 bits per heavy atom. The molecule has 12 nitrogen and oxygen atoms in total. The van der Waals surface area contributed by atoms with Gasteiger partial charge in [0.15, 0.2) is 11.5 Å². The highest BCUT2D eigenvalue weighted by molar-refractivity contribution is 7.92. The normalized spacial score (nSPS) is 18.6. The van der Waals surface area contributed by atoms with Gasteiger partial charge in [-0.3, -0.25) is 9.52 Å². The predicted molar refractivity (Wildman–Crippen MR) is 163 cm³/mol. The number of nitrogens with zero attached hydrogens (tertiary/aromatic N) is 2. The van der Waals surface area contributed by atoms with Gasteiger partial charge in [-0.15, -0.1) is 0 Å². The lowest BCUT2D eigenvalue weighted by atomic mass is 10.0. The highest BCUT2D eigenvalue weighted by Crippen LogP contribution is 2.34. The largest absolute Gasteiger partial charge is 0.488 e. The van der Waals surface area contributed by atoms with Crippen molar-refractivity contribution in [3.8, 4) is 17.2 Å². The summed E-state index contributed by atoms with van der Waals surface area (Å²) in [5.41, 5.74) is 1.29. The fourth-order valence-electron chi connectivity index (χ4n) is 5.07. The Bertz CT molecular complexity index is 1620. The van der Waals surface area contributed by atoms with E-state index in [0.29, 0.717) is 28.5 Å². The lowest BCUT2D eigenvalue weighted by Crippen LogP contribution is -2.48. The number of benzene rings is 3. The molecule has 0 saturated heterocycles. The molecule has 0 radical (unpaired) electrons. The molecule has 44 heavy (non-hydrogen) atoms. The van der Waals surface area contributed by atoms with Gasteiger partial charge in [-0.05, 0) is 49.4 Å². The third kappa shape index (κ3) is 7.00. The first-order valence-corrected chi connectivity index (χ1v) is 15.7. The minimum absolute atomic E-state index is 0.0690. The minimum Gasteiger partial charge on any atom is -0.488 e. The number of sulfonamides is 1. The van der Waals surface area contributed by atoms with E-state index in [0.717, 1.165) is 0 Å². The number of hydrogen-bond acceptors (Lipinski definition) is 8. The molecule has 2 aliphatic rings. The SMILES string of the molecule is C[C@H](CO)N1C[C@H](C)[C@@H](CN(C)C(=O)Nc2ccc3c(c2)OCO3)Oc2ccc(NS(=O)(=O)c3ccccc3)cc2CC1=O. The third-order valence-electron chi connectivity index (χ3n) is 7.65. The van der Waals surface area contributed by atoms with E-state index < -0.39 is 22.2 Å². The topological polar surface area (TPSA) is 147 Å². The molecule has 3 atom stereocenters. The highest BCUT2D eigenvalue weighted by Gasteiger charge is 2.32. The maximum Gasteiger partial charge on any atom is 0.321 e. The van der Waals surface area contributed by atoms with E-state index in [9.17, 15) is 23.1 Å². The van der Waals surface area contributed by atoms with E-state index in [-0.39, 0.29) is 61.3 Å². The van der Waals surface area contributed by atoms with Crippen molar-refractivity contribution in [3.05, 3.63) is 72.3 Å². The molecule has 0 aromatic heterocycles. The van der Waals surface area contributed by atoms with Crippen molar-refractivity contribution in [1.29, 1.82) is 0 Å². The predicted octanol–water partition coefficient (Wildman–Crippen LogP) is 3.53. The highest BCUT2D eigenvalue weighted by atomic mass is 32.2. The van der Waals surface area contributed by atoms with Crippen LogP contribution in [0.5, 0.6) is 17.2 Å². The molecule has 2 heterocycles. The van der Waals surface area contributed by atoms with Crippen LogP contribution in [-0.4, -0.2) is 80.9 Å². The Morgan fingerprint density at radius 3 is 2.50 bits per heavy atom. The maximum atomic E-state index is 13.5. The first-order chi connectivity index (χ1) is 21.0. The lowest BCUT2D eigenvalue weighted by molar-refractivity contribution is -0.134. The molecule has 5 rings (SSSR count). The van der Waals surface area contributed by atoms with Gasteiger partial charge in [0.2, 0.25) is 12.7 Å². The van der Waals surface area contributed by atoms with E-state index in [1.807, 2.05) is 6.92 Å². The van der Waals surface area contributed by atoms with Crippen molar-refractivity contribution in [2.24, 2.45) is 5.92 Å². The van der Waals surface area contributed by atoms with Crippen LogP contribution >= 0.6 is 0 Å². The lowest BCUT2D eigenvalue weighted by Gasteiger charge is -2.34. The summed E-state index contributed by atoms with van der Waals surface area (Å²) in [6.07, 6.45) is -0.618. The summed E-state index contributed by atoms with van der Waals surface area (Å²) < 4.78 is 45.7. The molecule has 0 fully saturated rings. The standard InChI is InChI=1S/C31H36N4O8S/c1-20-16-35(21(2)18-36)30(37)14-22-13-24(33-44(39,40)25-7-5-4-6-8-25)10-11-26(22)43-29(20)17-34(3)31(38)32-23-9-12-27-28(15-23)42-19-41-27/h4-13,15,20-21,29,33,36H,14,16-19H2,1-3H3,(H,32,38)/t20-,21+,29+/m0/s1. The summed E-state index contributed by atoms with van der Waals surface area (Å²) in [7, 11) is -2.22. The van der Waals surface area contributed by atoms with Crippen LogP contribution in [0.25, 0.3) is 0 Å². The van der Waals surface area contributed by atoms with Gasteiger partial charge in [-0.1, -0.05) is 25.1 Å². The number of aliphatic hydroxyl groups excluding tert-OH is 1. The molecule has 234 valence electrons. The van der Waals surface area contributed by atoms with Crippen LogP contribution in [0, 0.1) is 5.92 Å². The summed E-state index contributed by atoms with van der Waals surface area (Å²) in [5, 5.41) is 12.8. The number of amides is 3. The zero-order valence-electron chi connectivity index (χ0n) is 24.7. The van der Waals surface area contributed by atoms with Gasteiger partial charge in [0, 0.05) is 42.5 Å². The van der Waals surface area contributed by atoms with E-state index in [1.54, 1.807) is 73.5 Å². The number of carbonyl (C=O) groups is 2. The van der Waals surface area contributed by atoms with Crippen molar-refractivity contribution in [3.63, 3.8) is 0 Å². The molecule has 3 aromatic rings. The number of hydrogen-bond donors (Lipinski definition) is 3. The van der Waals surface area contributed by atoms with Gasteiger partial charge in [0.1, 0.15) is 11.9 Å². The summed E-state index contributed by atoms with van der Waals surface area (Å²) in [6, 6.07) is 17.1. The number of rotatable bonds is 8. The number of aliphatic hydroxyl groups is 1. The van der Waals surface area contributed by atoms with E-state index in [4.69, 9.17) is 14.2 Å². The number of fused-ring (bicyclic) bond motifs is 2. The van der Waals surface area contributed by atoms with Gasteiger partial charge in [0.25, 0.3) is 10.0 Å². The van der Waals surface area contributed by atoms with Crippen LogP contribution in [0.4, 0.5) is 16.2 Å². The number of nitrogens with one attached hydrogen (secondary N) is 2. The second-order valence-electron chi connectivity index (χ2n) is 11.0. The fourth-order valence-corrected chi connectivity index (χ4v) is 6.14. The molecule has 0 saturated carbocycles. The van der Waals surface area contributed by atoms with Crippen molar-refractivity contribution >= 4 is 33.3 Å². The number of anilines is 2. The number of urea groups is 1. The average Bonchev–Trinajstić information content (AvgIpc) is 3.49. The molecule has 0 spiro atoms.